The van der Waals surface area contributed by atoms with E-state index >= 15 is 0 Å². The van der Waals surface area contributed by atoms with Gasteiger partial charge in [0.05, 0.1) is 13.2 Å². The molecule has 2 aromatic rings. The molecule has 0 unspecified atom stereocenters. The van der Waals surface area contributed by atoms with Crippen molar-refractivity contribution in [3.8, 4) is 33.8 Å². The molecule has 0 heterocycles. The average molecular weight is 404 g/mol. The molecule has 0 spiro atoms. The van der Waals surface area contributed by atoms with Crippen LogP contribution < -0.4 is 9.47 Å². The number of benzene rings is 2. The highest BCUT2D eigenvalue weighted by atomic mass is 19.2. The second kappa shape index (κ2) is 8.29. The first-order valence-corrected chi connectivity index (χ1v) is 10.7. The van der Waals surface area contributed by atoms with Crippen molar-refractivity contribution in [2.24, 2.45) is 11.8 Å². The Morgan fingerprint density at radius 2 is 1.48 bits per heavy atom. The number of halogens is 3. The van der Waals surface area contributed by atoms with Crippen molar-refractivity contribution in [3.05, 3.63) is 35.7 Å². The zero-order chi connectivity index (χ0) is 20.5. The normalized spacial score (nSPS) is 19.9. The molecule has 2 aliphatic carbocycles. The summed E-state index contributed by atoms with van der Waals surface area (Å²) in [5.74, 6) is -1.62. The van der Waals surface area contributed by atoms with Crippen molar-refractivity contribution < 1.29 is 22.6 Å². The molecule has 29 heavy (non-hydrogen) atoms. The summed E-state index contributed by atoms with van der Waals surface area (Å²) in [6.07, 6.45) is 6.95. The largest absolute Gasteiger partial charge is 0.491 e. The molecule has 1 saturated carbocycles. The van der Waals surface area contributed by atoms with E-state index in [0.29, 0.717) is 30.3 Å². The SMILES string of the molecule is CCCC1CCC(COc2cc3c(c(F)c2F)-c2c-3ccc(OCC)c2F)CC1. The summed E-state index contributed by atoms with van der Waals surface area (Å²) in [5, 5.41) is 0. The second-order valence-corrected chi connectivity index (χ2v) is 8.14. The third-order valence-electron chi connectivity index (χ3n) is 6.26. The minimum absolute atomic E-state index is 0.0241. The fourth-order valence-corrected chi connectivity index (χ4v) is 4.70. The zero-order valence-electron chi connectivity index (χ0n) is 17.0. The Kier molecular flexibility index (Phi) is 5.75. The van der Waals surface area contributed by atoms with E-state index in [2.05, 4.69) is 6.92 Å². The third kappa shape index (κ3) is 3.60. The standard InChI is InChI=1S/C24H27F3O2/c1-3-5-14-6-8-15(9-7-14)13-29-19-12-17-16-10-11-18(28-4-2)22(25)20(16)21(17)24(27)23(19)26/h10-12,14-15H,3-9,13H2,1-2H3. The van der Waals surface area contributed by atoms with Crippen LogP contribution in [0.2, 0.25) is 0 Å². The first-order valence-electron chi connectivity index (χ1n) is 10.7. The Morgan fingerprint density at radius 1 is 0.793 bits per heavy atom. The van der Waals surface area contributed by atoms with Gasteiger partial charge in [0.15, 0.2) is 23.1 Å². The highest BCUT2D eigenvalue weighted by Crippen LogP contribution is 2.53. The molecule has 0 saturated heterocycles. The van der Waals surface area contributed by atoms with E-state index in [9.17, 15) is 13.2 Å². The molecule has 0 atom stereocenters. The first kappa shape index (κ1) is 20.1. The van der Waals surface area contributed by atoms with Crippen molar-refractivity contribution in [2.75, 3.05) is 13.2 Å². The summed E-state index contributed by atoms with van der Waals surface area (Å²) in [5.41, 5.74) is 1.11. The van der Waals surface area contributed by atoms with Gasteiger partial charge in [-0.1, -0.05) is 32.6 Å². The van der Waals surface area contributed by atoms with E-state index in [1.165, 1.54) is 37.8 Å². The van der Waals surface area contributed by atoms with E-state index in [4.69, 9.17) is 9.47 Å². The molecule has 2 aliphatic rings. The van der Waals surface area contributed by atoms with Gasteiger partial charge in [-0.3, -0.25) is 0 Å². The van der Waals surface area contributed by atoms with Crippen LogP contribution in [0.4, 0.5) is 13.2 Å². The Hall–Kier alpha value is -2.17. The minimum Gasteiger partial charge on any atom is -0.491 e. The molecule has 4 rings (SSSR count). The monoisotopic (exact) mass is 404 g/mol. The summed E-state index contributed by atoms with van der Waals surface area (Å²) in [4.78, 5) is 0. The smallest absolute Gasteiger partial charge is 0.201 e. The molecule has 0 amide bonds. The maximum atomic E-state index is 14.7. The molecule has 0 N–H and O–H groups in total. The van der Waals surface area contributed by atoms with Gasteiger partial charge in [0.2, 0.25) is 5.82 Å². The number of rotatable bonds is 7. The quantitative estimate of drug-likeness (QED) is 0.417. The van der Waals surface area contributed by atoms with Crippen molar-refractivity contribution in [2.45, 2.75) is 52.4 Å². The molecule has 0 aliphatic heterocycles. The summed E-state index contributed by atoms with van der Waals surface area (Å²) in [7, 11) is 0. The van der Waals surface area contributed by atoms with Gasteiger partial charge in [0.25, 0.3) is 0 Å². The number of fused-ring (bicyclic) bond motifs is 4. The number of hydrogen-bond acceptors (Lipinski definition) is 2. The fraction of sp³-hybridized carbons (Fsp3) is 0.500. The van der Waals surface area contributed by atoms with Crippen molar-refractivity contribution in [1.82, 2.24) is 0 Å². The molecular formula is C24H27F3O2. The predicted molar refractivity (Wildman–Crippen MR) is 108 cm³/mol. The van der Waals surface area contributed by atoms with Gasteiger partial charge in [-0.2, -0.15) is 4.39 Å². The lowest BCUT2D eigenvalue weighted by Gasteiger charge is -2.29. The van der Waals surface area contributed by atoms with Gasteiger partial charge in [0.1, 0.15) is 0 Å². The Labute approximate surface area is 170 Å². The van der Waals surface area contributed by atoms with Crippen LogP contribution in [0.25, 0.3) is 22.3 Å². The Balaban J connectivity index is 1.50. The van der Waals surface area contributed by atoms with E-state index in [1.54, 1.807) is 13.0 Å². The summed E-state index contributed by atoms with van der Waals surface area (Å²) in [6.45, 7) is 4.64. The second-order valence-electron chi connectivity index (χ2n) is 8.14. The molecule has 156 valence electrons. The molecule has 2 nitrogen and oxygen atoms in total. The van der Waals surface area contributed by atoms with Crippen LogP contribution in [-0.2, 0) is 0 Å². The Bertz CT molecular complexity index is 902. The number of hydrogen-bond donors (Lipinski definition) is 0. The maximum absolute atomic E-state index is 14.7. The molecule has 1 fully saturated rings. The van der Waals surface area contributed by atoms with Crippen LogP contribution in [0, 0.1) is 29.3 Å². The topological polar surface area (TPSA) is 18.5 Å². The van der Waals surface area contributed by atoms with Crippen LogP contribution in [-0.4, -0.2) is 13.2 Å². The van der Waals surface area contributed by atoms with Crippen LogP contribution in [0.15, 0.2) is 18.2 Å². The lowest BCUT2D eigenvalue weighted by molar-refractivity contribution is 0.173. The van der Waals surface area contributed by atoms with Gasteiger partial charge in [0, 0.05) is 11.1 Å². The van der Waals surface area contributed by atoms with Crippen molar-refractivity contribution in [3.63, 3.8) is 0 Å². The highest BCUT2D eigenvalue weighted by molar-refractivity contribution is 6.04. The lowest BCUT2D eigenvalue weighted by atomic mass is 9.79. The Morgan fingerprint density at radius 3 is 2.17 bits per heavy atom. The van der Waals surface area contributed by atoms with Crippen LogP contribution >= 0.6 is 0 Å². The zero-order valence-corrected chi connectivity index (χ0v) is 17.0. The number of ether oxygens (including phenoxy) is 2. The molecular weight excluding hydrogens is 377 g/mol. The minimum atomic E-state index is -1.05. The summed E-state index contributed by atoms with van der Waals surface area (Å²) in [6, 6.07) is 4.71. The fourth-order valence-electron chi connectivity index (χ4n) is 4.70. The molecule has 2 aromatic carbocycles. The molecule has 0 bridgehead atoms. The van der Waals surface area contributed by atoms with E-state index in [-0.39, 0.29) is 22.6 Å². The molecule has 0 aromatic heterocycles. The van der Waals surface area contributed by atoms with Crippen LogP contribution in [0.1, 0.15) is 52.4 Å². The maximum Gasteiger partial charge on any atom is 0.201 e. The highest BCUT2D eigenvalue weighted by Gasteiger charge is 2.35. The van der Waals surface area contributed by atoms with Gasteiger partial charge in [-0.05, 0) is 60.9 Å². The van der Waals surface area contributed by atoms with E-state index in [1.807, 2.05) is 0 Å². The van der Waals surface area contributed by atoms with E-state index < -0.39 is 17.5 Å². The third-order valence-corrected chi connectivity index (χ3v) is 6.26. The van der Waals surface area contributed by atoms with Gasteiger partial charge in [-0.15, -0.1) is 0 Å². The summed E-state index contributed by atoms with van der Waals surface area (Å²) >= 11 is 0. The summed E-state index contributed by atoms with van der Waals surface area (Å²) < 4.78 is 54.9. The van der Waals surface area contributed by atoms with Crippen molar-refractivity contribution in [1.29, 1.82) is 0 Å². The van der Waals surface area contributed by atoms with Crippen LogP contribution in [0.5, 0.6) is 11.5 Å². The van der Waals surface area contributed by atoms with Gasteiger partial charge < -0.3 is 9.47 Å². The van der Waals surface area contributed by atoms with Crippen LogP contribution in [0.3, 0.4) is 0 Å². The van der Waals surface area contributed by atoms with E-state index in [0.717, 1.165) is 18.8 Å². The van der Waals surface area contributed by atoms with Gasteiger partial charge >= 0.3 is 0 Å². The van der Waals surface area contributed by atoms with Crippen molar-refractivity contribution >= 4 is 0 Å². The molecule has 0 radical (unpaired) electrons. The van der Waals surface area contributed by atoms with Gasteiger partial charge in [-0.25, -0.2) is 8.78 Å². The molecule has 5 heteroatoms. The lowest BCUT2D eigenvalue weighted by Crippen LogP contribution is -2.20. The first-order chi connectivity index (χ1) is 14.0. The predicted octanol–water partition coefficient (Wildman–Crippen LogP) is 7.14. The average Bonchev–Trinajstić information content (AvgIpc) is 2.71.